The molecule has 136 valence electrons. The van der Waals surface area contributed by atoms with Crippen LogP contribution in [0.3, 0.4) is 0 Å². The molecule has 3 aromatic rings. The van der Waals surface area contributed by atoms with Crippen molar-refractivity contribution in [1.82, 2.24) is 20.3 Å². The Morgan fingerprint density at radius 2 is 2.04 bits per heavy atom. The Hall–Kier alpha value is -3.68. The Bertz CT molecular complexity index is 984. The number of para-hydroxylation sites is 2. The summed E-state index contributed by atoms with van der Waals surface area (Å²) >= 11 is 0. The van der Waals surface area contributed by atoms with E-state index in [1.54, 1.807) is 29.2 Å². The van der Waals surface area contributed by atoms with E-state index in [0.29, 0.717) is 30.0 Å². The predicted molar refractivity (Wildman–Crippen MR) is 98.0 cm³/mol. The number of carbonyl (C=O) groups excluding carboxylic acids is 2. The number of fused-ring (bicyclic) bond motifs is 1. The van der Waals surface area contributed by atoms with Gasteiger partial charge in [0.1, 0.15) is 0 Å². The second kappa shape index (κ2) is 7.28. The number of benzene rings is 2. The summed E-state index contributed by atoms with van der Waals surface area (Å²) in [5.41, 5.74) is 2.55. The number of nitrogens with one attached hydrogen (secondary N) is 2. The number of carbonyl (C=O) groups is 2. The maximum atomic E-state index is 12.5. The van der Waals surface area contributed by atoms with Gasteiger partial charge in [-0.1, -0.05) is 24.3 Å². The van der Waals surface area contributed by atoms with Crippen LogP contribution in [0.2, 0.25) is 0 Å². The normalized spacial score (nSPS) is 12.7. The largest absolute Gasteiger partial charge is 0.481 e. The van der Waals surface area contributed by atoms with Crippen LogP contribution in [0.15, 0.2) is 54.7 Å². The molecule has 2 aromatic carbocycles. The third-order valence-electron chi connectivity index (χ3n) is 4.07. The average Bonchev–Trinajstić information content (AvgIpc) is 3.17. The molecule has 0 unspecified atom stereocenters. The van der Waals surface area contributed by atoms with Gasteiger partial charge in [0, 0.05) is 13.0 Å². The number of nitrogens with zero attached hydrogens (tertiary/aromatic N) is 3. The van der Waals surface area contributed by atoms with E-state index in [9.17, 15) is 9.59 Å². The van der Waals surface area contributed by atoms with Gasteiger partial charge in [-0.05, 0) is 24.3 Å². The zero-order valence-electron chi connectivity index (χ0n) is 14.4. The van der Waals surface area contributed by atoms with Gasteiger partial charge in [0.25, 0.3) is 11.8 Å². The lowest BCUT2D eigenvalue weighted by Crippen LogP contribution is -2.30. The van der Waals surface area contributed by atoms with Crippen molar-refractivity contribution in [3.05, 3.63) is 66.0 Å². The Morgan fingerprint density at radius 1 is 1.19 bits per heavy atom. The van der Waals surface area contributed by atoms with E-state index in [2.05, 4.69) is 20.8 Å². The van der Waals surface area contributed by atoms with Crippen molar-refractivity contribution in [3.8, 4) is 11.4 Å². The van der Waals surface area contributed by atoms with Crippen molar-refractivity contribution >= 4 is 17.5 Å². The van der Waals surface area contributed by atoms with Crippen molar-refractivity contribution in [2.45, 2.75) is 6.42 Å². The molecule has 2 heterocycles. The van der Waals surface area contributed by atoms with E-state index in [1.165, 1.54) is 0 Å². The van der Waals surface area contributed by atoms with Crippen LogP contribution in [0.1, 0.15) is 16.1 Å². The van der Waals surface area contributed by atoms with Gasteiger partial charge in [0.15, 0.2) is 12.4 Å². The number of hydrogen-bond donors (Lipinski definition) is 2. The molecule has 1 aliphatic heterocycles. The minimum atomic E-state index is -0.265. The summed E-state index contributed by atoms with van der Waals surface area (Å²) in [5, 5.41) is 14.2. The minimum Gasteiger partial charge on any atom is -0.481 e. The van der Waals surface area contributed by atoms with E-state index >= 15 is 0 Å². The van der Waals surface area contributed by atoms with Crippen LogP contribution >= 0.6 is 0 Å². The Morgan fingerprint density at radius 3 is 2.89 bits per heavy atom. The molecule has 2 amide bonds. The molecule has 8 heteroatoms. The van der Waals surface area contributed by atoms with Gasteiger partial charge in [-0.3, -0.25) is 9.59 Å². The molecule has 8 nitrogen and oxygen atoms in total. The number of ether oxygens (including phenoxy) is 1. The average molecular weight is 363 g/mol. The highest BCUT2D eigenvalue weighted by Gasteiger charge is 2.22. The Kier molecular flexibility index (Phi) is 4.52. The van der Waals surface area contributed by atoms with Gasteiger partial charge >= 0.3 is 0 Å². The summed E-state index contributed by atoms with van der Waals surface area (Å²) in [6, 6.07) is 14.7. The SMILES string of the molecule is O=C1COc2c(cccc2C(=O)NCCc2cnn(-c3ccccc3)n2)N1. The maximum Gasteiger partial charge on any atom is 0.262 e. The molecule has 0 saturated carbocycles. The molecule has 0 aliphatic carbocycles. The monoisotopic (exact) mass is 363 g/mol. The fraction of sp³-hybridized carbons (Fsp3) is 0.158. The molecule has 4 rings (SSSR count). The van der Waals surface area contributed by atoms with Crippen LogP contribution < -0.4 is 15.4 Å². The van der Waals surface area contributed by atoms with Crippen LogP contribution in [0.25, 0.3) is 5.69 Å². The lowest BCUT2D eigenvalue weighted by Gasteiger charge is -2.20. The van der Waals surface area contributed by atoms with Crippen molar-refractivity contribution in [2.75, 3.05) is 18.5 Å². The van der Waals surface area contributed by atoms with Gasteiger partial charge in [-0.2, -0.15) is 15.0 Å². The summed E-state index contributed by atoms with van der Waals surface area (Å²) in [6.07, 6.45) is 2.23. The molecule has 0 bridgehead atoms. The van der Waals surface area contributed by atoms with Crippen molar-refractivity contribution in [2.24, 2.45) is 0 Å². The predicted octanol–water partition coefficient (Wildman–Crippen LogP) is 1.57. The van der Waals surface area contributed by atoms with Crippen LogP contribution in [0, 0.1) is 0 Å². The van der Waals surface area contributed by atoms with Crippen LogP contribution in [-0.2, 0) is 11.2 Å². The van der Waals surface area contributed by atoms with E-state index in [1.807, 2.05) is 30.3 Å². The summed E-state index contributed by atoms with van der Waals surface area (Å²) in [7, 11) is 0. The van der Waals surface area contributed by atoms with Crippen LogP contribution in [0.5, 0.6) is 5.75 Å². The van der Waals surface area contributed by atoms with Gasteiger partial charge < -0.3 is 15.4 Å². The second-order valence-electron chi connectivity index (χ2n) is 5.99. The molecule has 0 fully saturated rings. The number of hydrogen-bond acceptors (Lipinski definition) is 5. The van der Waals surface area contributed by atoms with E-state index in [0.717, 1.165) is 11.4 Å². The van der Waals surface area contributed by atoms with Crippen molar-refractivity contribution in [3.63, 3.8) is 0 Å². The van der Waals surface area contributed by atoms with Gasteiger partial charge in [-0.15, -0.1) is 0 Å². The molecular weight excluding hydrogens is 346 g/mol. The molecular formula is C19H17N5O3. The Labute approximate surface area is 155 Å². The first-order chi connectivity index (χ1) is 13.2. The van der Waals surface area contributed by atoms with Crippen LogP contribution in [-0.4, -0.2) is 40.0 Å². The molecule has 0 saturated heterocycles. The molecule has 2 N–H and O–H groups in total. The highest BCUT2D eigenvalue weighted by molar-refractivity contribution is 6.03. The fourth-order valence-electron chi connectivity index (χ4n) is 2.79. The standard InChI is InChI=1S/C19H17N5O3/c25-17-12-27-18-15(7-4-8-16(18)22-17)19(26)20-10-9-13-11-21-24(23-13)14-5-2-1-3-6-14/h1-8,11H,9-10,12H2,(H,20,26)(H,22,25). The van der Waals surface area contributed by atoms with Crippen molar-refractivity contribution < 1.29 is 14.3 Å². The Balaban J connectivity index is 1.38. The first-order valence-electron chi connectivity index (χ1n) is 8.51. The molecule has 27 heavy (non-hydrogen) atoms. The van der Waals surface area contributed by atoms with Crippen molar-refractivity contribution in [1.29, 1.82) is 0 Å². The third-order valence-corrected chi connectivity index (χ3v) is 4.07. The third kappa shape index (κ3) is 3.64. The topological polar surface area (TPSA) is 98.1 Å². The zero-order valence-corrected chi connectivity index (χ0v) is 14.4. The van der Waals surface area contributed by atoms with E-state index < -0.39 is 0 Å². The quantitative estimate of drug-likeness (QED) is 0.717. The smallest absolute Gasteiger partial charge is 0.262 e. The summed E-state index contributed by atoms with van der Waals surface area (Å²) in [6.45, 7) is 0.308. The van der Waals surface area contributed by atoms with E-state index in [4.69, 9.17) is 4.74 Å². The van der Waals surface area contributed by atoms with E-state index in [-0.39, 0.29) is 18.4 Å². The summed E-state index contributed by atoms with van der Waals surface area (Å²) < 4.78 is 5.41. The number of rotatable bonds is 5. The minimum absolute atomic E-state index is 0.0973. The number of aromatic nitrogens is 3. The molecule has 0 radical (unpaired) electrons. The lowest BCUT2D eigenvalue weighted by atomic mass is 10.1. The number of anilines is 1. The van der Waals surface area contributed by atoms with Crippen LogP contribution in [0.4, 0.5) is 5.69 Å². The summed E-state index contributed by atoms with van der Waals surface area (Å²) in [5.74, 6) is -0.107. The summed E-state index contributed by atoms with van der Waals surface area (Å²) in [4.78, 5) is 25.4. The molecule has 0 spiro atoms. The van der Waals surface area contributed by atoms with Gasteiger partial charge in [-0.25, -0.2) is 0 Å². The highest BCUT2D eigenvalue weighted by atomic mass is 16.5. The molecule has 1 aromatic heterocycles. The fourth-order valence-corrected chi connectivity index (χ4v) is 2.79. The zero-order chi connectivity index (χ0) is 18.6. The first kappa shape index (κ1) is 16.8. The maximum absolute atomic E-state index is 12.5. The second-order valence-corrected chi connectivity index (χ2v) is 5.99. The highest BCUT2D eigenvalue weighted by Crippen LogP contribution is 2.31. The van der Waals surface area contributed by atoms with Gasteiger partial charge in [0.05, 0.1) is 28.8 Å². The lowest BCUT2D eigenvalue weighted by molar-refractivity contribution is -0.118. The first-order valence-corrected chi connectivity index (χ1v) is 8.51. The molecule has 0 atom stereocenters. The van der Waals surface area contributed by atoms with Gasteiger partial charge in [0.2, 0.25) is 0 Å². The molecule has 1 aliphatic rings. The number of amides is 2.